The van der Waals surface area contributed by atoms with Crippen LogP contribution in [0.5, 0.6) is 0 Å². The Morgan fingerprint density at radius 1 is 1.00 bits per heavy atom. The van der Waals surface area contributed by atoms with E-state index < -0.39 is 0 Å². The van der Waals surface area contributed by atoms with Crippen LogP contribution < -0.4 is 5.32 Å². The monoisotopic (exact) mass is 424 g/mol. The zero-order valence-corrected chi connectivity index (χ0v) is 17.3. The molecule has 29 heavy (non-hydrogen) atoms. The molecule has 0 fully saturated rings. The van der Waals surface area contributed by atoms with Crippen molar-refractivity contribution in [3.05, 3.63) is 66.3 Å². The van der Waals surface area contributed by atoms with Crippen LogP contribution in [0.3, 0.4) is 0 Å². The zero-order valence-electron chi connectivity index (χ0n) is 15.7. The highest BCUT2D eigenvalue weighted by atomic mass is 32.2. The highest BCUT2D eigenvalue weighted by Gasteiger charge is 2.09. The molecule has 7 nitrogen and oxygen atoms in total. The van der Waals surface area contributed by atoms with Crippen molar-refractivity contribution >= 4 is 28.2 Å². The lowest BCUT2D eigenvalue weighted by molar-refractivity contribution is 0.378. The van der Waals surface area contributed by atoms with E-state index in [-0.39, 0.29) is 0 Å². The number of hydrogen-bond donors (Lipinski definition) is 1. The molecule has 1 N–H and O–H groups in total. The van der Waals surface area contributed by atoms with Gasteiger partial charge in [-0.2, -0.15) is 4.98 Å². The Bertz CT molecular complexity index is 1010. The second kappa shape index (κ2) is 10.1. The molecule has 0 saturated carbocycles. The van der Waals surface area contributed by atoms with Crippen LogP contribution in [0.2, 0.25) is 0 Å². The predicted octanol–water partition coefficient (Wildman–Crippen LogP) is 4.36. The number of anilines is 1. The summed E-state index contributed by atoms with van der Waals surface area (Å²) in [7, 11) is 0. The summed E-state index contributed by atoms with van der Waals surface area (Å²) >= 11 is 3.29. The number of rotatable bonds is 10. The van der Waals surface area contributed by atoms with Gasteiger partial charge in [0, 0.05) is 36.7 Å². The van der Waals surface area contributed by atoms with Crippen LogP contribution in [0.25, 0.3) is 11.4 Å². The van der Waals surface area contributed by atoms with Gasteiger partial charge in [-0.25, -0.2) is 0 Å². The first kappa shape index (κ1) is 19.5. The Hall–Kier alpha value is -2.78. The maximum Gasteiger partial charge on any atom is 0.226 e. The molecule has 0 aliphatic heterocycles. The third kappa shape index (κ3) is 5.85. The van der Waals surface area contributed by atoms with Gasteiger partial charge >= 0.3 is 0 Å². The van der Waals surface area contributed by atoms with Crippen LogP contribution in [-0.4, -0.2) is 37.6 Å². The fourth-order valence-electron chi connectivity index (χ4n) is 2.66. The van der Waals surface area contributed by atoms with Crippen LogP contribution in [0.15, 0.2) is 63.7 Å². The van der Waals surface area contributed by atoms with Gasteiger partial charge in [0.25, 0.3) is 0 Å². The number of aryl methyl sites for hydroxylation is 1. The maximum absolute atomic E-state index is 5.33. The summed E-state index contributed by atoms with van der Waals surface area (Å²) in [4.78, 5) is 8.43. The van der Waals surface area contributed by atoms with Gasteiger partial charge in [-0.1, -0.05) is 58.6 Å². The number of hydrogen-bond acceptors (Lipinski definition) is 9. The van der Waals surface area contributed by atoms with Crippen molar-refractivity contribution < 1.29 is 4.52 Å². The average molecular weight is 425 g/mol. The molecule has 4 aromatic rings. The molecule has 3 aromatic heterocycles. The van der Waals surface area contributed by atoms with Crippen molar-refractivity contribution in [2.24, 2.45) is 0 Å². The van der Waals surface area contributed by atoms with Gasteiger partial charge < -0.3 is 9.84 Å². The van der Waals surface area contributed by atoms with E-state index in [4.69, 9.17) is 4.52 Å². The fourth-order valence-corrected chi connectivity index (χ4v) is 4.44. The summed E-state index contributed by atoms with van der Waals surface area (Å²) < 4.78 is 6.30. The quantitative estimate of drug-likeness (QED) is 0.297. The van der Waals surface area contributed by atoms with Crippen LogP contribution in [0.1, 0.15) is 17.9 Å². The summed E-state index contributed by atoms with van der Waals surface area (Å²) in [5, 5.41) is 16.7. The van der Waals surface area contributed by atoms with E-state index in [1.807, 2.05) is 18.2 Å². The van der Waals surface area contributed by atoms with Gasteiger partial charge in [0.2, 0.25) is 16.8 Å². The molecule has 0 atom stereocenters. The van der Waals surface area contributed by atoms with Crippen LogP contribution in [0.4, 0.5) is 5.13 Å². The third-order valence-electron chi connectivity index (χ3n) is 4.11. The first-order valence-electron chi connectivity index (χ1n) is 9.34. The third-order valence-corrected chi connectivity index (χ3v) is 6.21. The summed E-state index contributed by atoms with van der Waals surface area (Å²) in [6.07, 6.45) is 6.07. The molecule has 0 spiro atoms. The normalized spacial score (nSPS) is 10.9. The molecule has 0 amide bonds. The lowest BCUT2D eigenvalue weighted by Gasteiger charge is -2.01. The van der Waals surface area contributed by atoms with E-state index in [1.54, 1.807) is 35.5 Å². The van der Waals surface area contributed by atoms with Crippen LogP contribution in [-0.2, 0) is 12.8 Å². The van der Waals surface area contributed by atoms with Crippen LogP contribution >= 0.6 is 23.1 Å². The summed E-state index contributed by atoms with van der Waals surface area (Å²) in [5.41, 5.74) is 2.22. The summed E-state index contributed by atoms with van der Waals surface area (Å²) in [6.45, 7) is 0.848. The van der Waals surface area contributed by atoms with Crippen molar-refractivity contribution in [2.75, 3.05) is 17.6 Å². The van der Waals surface area contributed by atoms with Crippen molar-refractivity contribution in [1.82, 2.24) is 25.3 Å². The molecule has 0 aliphatic carbocycles. The Morgan fingerprint density at radius 3 is 2.72 bits per heavy atom. The van der Waals surface area contributed by atoms with Crippen LogP contribution in [0, 0.1) is 0 Å². The highest BCUT2D eigenvalue weighted by Crippen LogP contribution is 2.26. The van der Waals surface area contributed by atoms with Crippen molar-refractivity contribution in [3.63, 3.8) is 0 Å². The largest absolute Gasteiger partial charge is 0.360 e. The SMILES string of the molecule is c1ccc(CCNc2nnc(SCCCc3nc(-c4ccncc4)no3)s2)cc1. The highest BCUT2D eigenvalue weighted by molar-refractivity contribution is 8.01. The molecule has 0 radical (unpaired) electrons. The van der Waals surface area contributed by atoms with E-state index in [0.717, 1.165) is 46.6 Å². The smallest absolute Gasteiger partial charge is 0.226 e. The maximum atomic E-state index is 5.33. The minimum Gasteiger partial charge on any atom is -0.360 e. The molecule has 1 aromatic carbocycles. The van der Waals surface area contributed by atoms with Gasteiger partial charge in [-0.15, -0.1) is 10.2 Å². The van der Waals surface area contributed by atoms with E-state index in [0.29, 0.717) is 11.7 Å². The molecule has 0 aliphatic rings. The lowest BCUT2D eigenvalue weighted by Crippen LogP contribution is -2.04. The minimum absolute atomic E-state index is 0.602. The zero-order chi connectivity index (χ0) is 19.7. The topological polar surface area (TPSA) is 89.6 Å². The number of pyridine rings is 1. The molecular formula is C20H20N6OS2. The van der Waals surface area contributed by atoms with Gasteiger partial charge in [0.1, 0.15) is 0 Å². The van der Waals surface area contributed by atoms with E-state index in [1.165, 1.54) is 5.56 Å². The van der Waals surface area contributed by atoms with Crippen molar-refractivity contribution in [3.8, 4) is 11.4 Å². The Labute approximate surface area is 177 Å². The van der Waals surface area contributed by atoms with E-state index >= 15 is 0 Å². The second-order valence-corrected chi connectivity index (χ2v) is 8.55. The second-order valence-electron chi connectivity index (χ2n) is 6.24. The molecule has 148 valence electrons. The lowest BCUT2D eigenvalue weighted by atomic mass is 10.2. The van der Waals surface area contributed by atoms with Crippen molar-refractivity contribution in [2.45, 2.75) is 23.6 Å². The van der Waals surface area contributed by atoms with Crippen molar-refractivity contribution in [1.29, 1.82) is 0 Å². The first-order valence-corrected chi connectivity index (χ1v) is 11.1. The molecule has 3 heterocycles. The van der Waals surface area contributed by atoms with Gasteiger partial charge in [0.05, 0.1) is 0 Å². The number of thioether (sulfide) groups is 1. The standard InChI is InChI=1S/C20H20N6OS2/c1-2-5-15(6-3-1)8-13-22-19-24-25-20(29-19)28-14-4-7-17-23-18(26-27-17)16-9-11-21-12-10-16/h1-3,5-6,9-12H,4,7-8,13-14H2,(H,22,24). The minimum atomic E-state index is 0.602. The molecular weight excluding hydrogens is 404 g/mol. The number of nitrogens with zero attached hydrogens (tertiary/aromatic N) is 5. The molecule has 0 unspecified atom stereocenters. The molecule has 0 bridgehead atoms. The summed E-state index contributed by atoms with van der Waals surface area (Å²) in [5.74, 6) is 2.18. The molecule has 0 saturated heterocycles. The Kier molecular flexibility index (Phi) is 6.82. The van der Waals surface area contributed by atoms with Gasteiger partial charge in [-0.05, 0) is 30.5 Å². The predicted molar refractivity (Wildman–Crippen MR) is 115 cm³/mol. The van der Waals surface area contributed by atoms with Gasteiger partial charge in [-0.3, -0.25) is 4.98 Å². The fraction of sp³-hybridized carbons (Fsp3) is 0.250. The summed E-state index contributed by atoms with van der Waals surface area (Å²) in [6, 6.07) is 14.1. The molecule has 4 rings (SSSR count). The number of aromatic nitrogens is 5. The number of nitrogens with one attached hydrogen (secondary N) is 1. The Balaban J connectivity index is 1.16. The van der Waals surface area contributed by atoms with E-state index in [9.17, 15) is 0 Å². The van der Waals surface area contributed by atoms with E-state index in [2.05, 4.69) is 54.9 Å². The number of benzene rings is 1. The average Bonchev–Trinajstić information content (AvgIpc) is 3.42. The van der Waals surface area contributed by atoms with Gasteiger partial charge in [0.15, 0.2) is 4.34 Å². The Morgan fingerprint density at radius 2 is 1.86 bits per heavy atom. The molecule has 9 heteroatoms. The first-order chi connectivity index (χ1) is 14.4.